The Morgan fingerprint density at radius 2 is 1.75 bits per heavy atom. The summed E-state index contributed by atoms with van der Waals surface area (Å²) in [5, 5.41) is 3.01. The molecule has 5 nitrogen and oxygen atoms in total. The largest absolute Gasteiger partial charge is 0.497 e. The summed E-state index contributed by atoms with van der Waals surface area (Å²) < 4.78 is 7.35. The number of nitrogens with zero attached hydrogens (tertiary/aromatic N) is 2. The maximum absolute atomic E-state index is 12.6. The second-order valence-corrected chi connectivity index (χ2v) is 8.06. The van der Waals surface area contributed by atoms with Crippen LogP contribution < -0.4 is 10.1 Å². The normalized spacial score (nSPS) is 12.0. The summed E-state index contributed by atoms with van der Waals surface area (Å²) in [5.41, 5.74) is 5.15. The summed E-state index contributed by atoms with van der Waals surface area (Å²) in [7, 11) is 1.61. The maximum atomic E-state index is 12.6. The molecule has 0 bridgehead atoms. The highest BCUT2D eigenvalue weighted by Gasteiger charge is 2.13. The van der Waals surface area contributed by atoms with Crippen LogP contribution in [0.1, 0.15) is 53.5 Å². The number of fused-ring (bicyclic) bond motifs is 1. The lowest BCUT2D eigenvalue weighted by molar-refractivity contribution is 0.0949. The first-order valence-electron chi connectivity index (χ1n) is 11.0. The van der Waals surface area contributed by atoms with Crippen molar-refractivity contribution in [1.82, 2.24) is 14.9 Å². The first-order valence-corrected chi connectivity index (χ1v) is 11.0. The minimum atomic E-state index is -0.135. The van der Waals surface area contributed by atoms with E-state index in [0.717, 1.165) is 29.0 Å². The van der Waals surface area contributed by atoms with Crippen LogP contribution in [0.4, 0.5) is 0 Å². The van der Waals surface area contributed by atoms with Crippen molar-refractivity contribution in [3.8, 4) is 5.75 Å². The number of imidazole rings is 1. The smallest absolute Gasteiger partial charge is 0.251 e. The van der Waals surface area contributed by atoms with Crippen LogP contribution in [0.15, 0.2) is 72.8 Å². The Morgan fingerprint density at radius 1 is 1.03 bits per heavy atom. The molecule has 0 aliphatic heterocycles. The van der Waals surface area contributed by atoms with Crippen molar-refractivity contribution >= 4 is 16.9 Å². The number of benzene rings is 3. The second-order valence-electron chi connectivity index (χ2n) is 8.06. The first-order chi connectivity index (χ1) is 15.6. The van der Waals surface area contributed by atoms with Gasteiger partial charge in [-0.3, -0.25) is 4.79 Å². The van der Waals surface area contributed by atoms with Crippen molar-refractivity contribution in [1.29, 1.82) is 0 Å². The fraction of sp³-hybridized carbons (Fsp3) is 0.259. The van der Waals surface area contributed by atoms with Crippen molar-refractivity contribution < 1.29 is 9.53 Å². The molecule has 4 aromatic rings. The first kappa shape index (κ1) is 21.6. The van der Waals surface area contributed by atoms with Crippen molar-refractivity contribution in [2.75, 3.05) is 7.11 Å². The molecule has 0 saturated carbocycles. The number of hydrogen-bond acceptors (Lipinski definition) is 3. The van der Waals surface area contributed by atoms with E-state index < -0.39 is 0 Å². The number of ether oxygens (including phenoxy) is 1. The number of rotatable bonds is 8. The Labute approximate surface area is 189 Å². The SMILES string of the molecule is CCC(C)c1ccc(Cn2c(CNC(=O)c3ccc(OC)cc3)nc3ccccc32)cc1. The van der Waals surface area contributed by atoms with Crippen molar-refractivity contribution in [3.05, 3.63) is 95.3 Å². The Hall–Kier alpha value is -3.60. The van der Waals surface area contributed by atoms with E-state index in [2.05, 4.69) is 54.1 Å². The molecule has 0 fully saturated rings. The zero-order valence-electron chi connectivity index (χ0n) is 18.8. The van der Waals surface area contributed by atoms with Gasteiger partial charge < -0.3 is 14.6 Å². The third-order valence-electron chi connectivity index (χ3n) is 5.99. The predicted octanol–water partition coefficient (Wildman–Crippen LogP) is 5.54. The number of para-hydroxylation sites is 2. The third-order valence-corrected chi connectivity index (χ3v) is 5.99. The summed E-state index contributed by atoms with van der Waals surface area (Å²) in [4.78, 5) is 17.4. The van der Waals surface area contributed by atoms with Gasteiger partial charge in [0, 0.05) is 12.1 Å². The number of methoxy groups -OCH3 is 1. The molecule has 1 heterocycles. The number of carbonyl (C=O) groups is 1. The summed E-state index contributed by atoms with van der Waals surface area (Å²) >= 11 is 0. The van der Waals surface area contributed by atoms with Crippen LogP contribution in [0.25, 0.3) is 11.0 Å². The van der Waals surface area contributed by atoms with Crippen LogP contribution in [0, 0.1) is 0 Å². The van der Waals surface area contributed by atoms with E-state index in [1.54, 1.807) is 31.4 Å². The van der Waals surface area contributed by atoms with Crippen molar-refractivity contribution in [2.24, 2.45) is 0 Å². The van der Waals surface area contributed by atoms with Gasteiger partial charge in [-0.15, -0.1) is 0 Å². The highest BCUT2D eigenvalue weighted by molar-refractivity contribution is 5.94. The molecule has 3 aromatic carbocycles. The maximum Gasteiger partial charge on any atom is 0.251 e. The Morgan fingerprint density at radius 3 is 2.44 bits per heavy atom. The van der Waals surface area contributed by atoms with Gasteiger partial charge in [0.25, 0.3) is 5.91 Å². The fourth-order valence-electron chi connectivity index (χ4n) is 3.81. The van der Waals surface area contributed by atoms with Crippen molar-refractivity contribution in [3.63, 3.8) is 0 Å². The van der Waals surface area contributed by atoms with Crippen LogP contribution in [0.2, 0.25) is 0 Å². The summed E-state index contributed by atoms with van der Waals surface area (Å²) in [6, 6.07) is 24.0. The molecule has 0 aliphatic rings. The van der Waals surface area contributed by atoms with Gasteiger partial charge in [-0.05, 0) is 59.9 Å². The van der Waals surface area contributed by atoms with Crippen LogP contribution >= 0.6 is 0 Å². The molecule has 5 heteroatoms. The fourth-order valence-corrected chi connectivity index (χ4v) is 3.81. The summed E-state index contributed by atoms with van der Waals surface area (Å²) in [6.07, 6.45) is 1.13. The van der Waals surface area contributed by atoms with Crippen LogP contribution in [-0.2, 0) is 13.1 Å². The van der Waals surface area contributed by atoms with Crippen LogP contribution in [-0.4, -0.2) is 22.6 Å². The van der Waals surface area contributed by atoms with E-state index in [9.17, 15) is 4.79 Å². The highest BCUT2D eigenvalue weighted by atomic mass is 16.5. The van der Waals surface area contributed by atoms with E-state index in [-0.39, 0.29) is 5.91 Å². The van der Waals surface area contributed by atoms with Gasteiger partial charge in [0.2, 0.25) is 0 Å². The van der Waals surface area contributed by atoms with Crippen LogP contribution in [0.3, 0.4) is 0 Å². The Balaban J connectivity index is 1.55. The molecule has 0 aliphatic carbocycles. The molecule has 1 amide bonds. The van der Waals surface area contributed by atoms with Crippen LogP contribution in [0.5, 0.6) is 5.75 Å². The molecule has 0 radical (unpaired) electrons. The van der Waals surface area contributed by atoms with E-state index in [1.165, 1.54) is 11.1 Å². The third kappa shape index (κ3) is 4.67. The molecule has 1 N–H and O–H groups in total. The van der Waals surface area contributed by atoms with Gasteiger partial charge in [0.05, 0.1) is 24.7 Å². The topological polar surface area (TPSA) is 56.2 Å². The lowest BCUT2D eigenvalue weighted by Crippen LogP contribution is -2.24. The van der Waals surface area contributed by atoms with E-state index in [1.807, 2.05) is 18.2 Å². The number of nitrogens with one attached hydrogen (secondary N) is 1. The lowest BCUT2D eigenvalue weighted by atomic mass is 9.98. The minimum Gasteiger partial charge on any atom is -0.497 e. The zero-order valence-corrected chi connectivity index (χ0v) is 18.8. The van der Waals surface area contributed by atoms with Gasteiger partial charge in [-0.1, -0.05) is 50.2 Å². The average molecular weight is 428 g/mol. The molecule has 1 unspecified atom stereocenters. The molecule has 1 atom stereocenters. The molecule has 1 aromatic heterocycles. The number of hydrogen-bond donors (Lipinski definition) is 1. The highest BCUT2D eigenvalue weighted by Crippen LogP contribution is 2.22. The van der Waals surface area contributed by atoms with Gasteiger partial charge in [-0.25, -0.2) is 4.98 Å². The number of carbonyl (C=O) groups excluding carboxylic acids is 1. The Bertz CT molecular complexity index is 1190. The quantitative estimate of drug-likeness (QED) is 0.402. The summed E-state index contributed by atoms with van der Waals surface area (Å²) in [5.74, 6) is 1.98. The standard InChI is InChI=1S/C27H29N3O2/c1-4-19(2)21-11-9-20(10-12-21)18-30-25-8-6-5-7-24(25)29-26(30)17-28-27(31)22-13-15-23(32-3)16-14-22/h5-16,19H,4,17-18H2,1-3H3,(H,28,31). The zero-order chi connectivity index (χ0) is 22.5. The van der Waals surface area contributed by atoms with Gasteiger partial charge in [-0.2, -0.15) is 0 Å². The molecule has 0 spiro atoms. The molecule has 4 rings (SSSR count). The van der Waals surface area contributed by atoms with Gasteiger partial charge in [0.1, 0.15) is 11.6 Å². The molecule has 164 valence electrons. The minimum absolute atomic E-state index is 0.135. The van der Waals surface area contributed by atoms with Gasteiger partial charge >= 0.3 is 0 Å². The average Bonchev–Trinajstić information content (AvgIpc) is 3.19. The second kappa shape index (κ2) is 9.69. The molecular weight excluding hydrogens is 398 g/mol. The number of amides is 1. The molecule has 32 heavy (non-hydrogen) atoms. The number of aromatic nitrogens is 2. The monoisotopic (exact) mass is 427 g/mol. The molecule has 0 saturated heterocycles. The van der Waals surface area contributed by atoms with E-state index in [4.69, 9.17) is 9.72 Å². The van der Waals surface area contributed by atoms with E-state index in [0.29, 0.717) is 24.6 Å². The van der Waals surface area contributed by atoms with Gasteiger partial charge in [0.15, 0.2) is 0 Å². The summed E-state index contributed by atoms with van der Waals surface area (Å²) in [6.45, 7) is 5.52. The van der Waals surface area contributed by atoms with E-state index >= 15 is 0 Å². The predicted molar refractivity (Wildman–Crippen MR) is 128 cm³/mol. The van der Waals surface area contributed by atoms with Crippen molar-refractivity contribution in [2.45, 2.75) is 39.3 Å². The lowest BCUT2D eigenvalue weighted by Gasteiger charge is -2.13. The Kier molecular flexibility index (Phi) is 6.55. The molecular formula is C27H29N3O2.